The van der Waals surface area contributed by atoms with Crippen molar-refractivity contribution in [2.24, 2.45) is 24.8 Å². The van der Waals surface area contributed by atoms with E-state index in [1.807, 2.05) is 19.1 Å². The fourth-order valence-corrected chi connectivity index (χ4v) is 4.83. The van der Waals surface area contributed by atoms with Crippen LogP contribution in [0.3, 0.4) is 0 Å². The predicted molar refractivity (Wildman–Crippen MR) is 108 cm³/mol. The van der Waals surface area contributed by atoms with Gasteiger partial charge in [-0.15, -0.1) is 0 Å². The van der Waals surface area contributed by atoms with Crippen LogP contribution in [0.2, 0.25) is 0 Å². The number of para-hydroxylation sites is 2. The van der Waals surface area contributed by atoms with E-state index in [9.17, 15) is 4.79 Å². The van der Waals surface area contributed by atoms with Gasteiger partial charge in [-0.25, -0.2) is 13.9 Å². The van der Waals surface area contributed by atoms with Gasteiger partial charge in [0, 0.05) is 6.42 Å². The van der Waals surface area contributed by atoms with Crippen LogP contribution in [0.4, 0.5) is 0 Å². The monoisotopic (exact) mass is 498 g/mol. The van der Waals surface area contributed by atoms with Gasteiger partial charge in [-0.1, -0.05) is 46.2 Å². The molecule has 1 aliphatic rings. The first-order chi connectivity index (χ1) is 12.8. The fraction of sp³-hybridized carbons (Fsp3) is 0.652. The quantitative estimate of drug-likeness (QED) is 0.357. The molecule has 0 radical (unpaired) electrons. The molecule has 1 aromatic heterocycles. The minimum atomic E-state index is -0.323. The van der Waals surface area contributed by atoms with Crippen molar-refractivity contribution in [3.63, 3.8) is 0 Å². The predicted octanol–water partition coefficient (Wildman–Crippen LogP) is 1.60. The van der Waals surface area contributed by atoms with Crippen molar-refractivity contribution < 1.29 is 38.1 Å². The Balaban J connectivity index is 0.00000280. The Bertz CT molecular complexity index is 814. The SMILES string of the molecule is CCc1n([C@@H](C)C(=O)OC2C[C@H](C)CC[C@H]2C(C)C)c2ccccc2[n+]1C.[I-]. The molecule has 0 aliphatic heterocycles. The number of ether oxygens (including phenoxy) is 1. The van der Waals surface area contributed by atoms with E-state index in [4.69, 9.17) is 4.74 Å². The molecule has 4 atom stereocenters. The lowest BCUT2D eigenvalue weighted by atomic mass is 9.75. The van der Waals surface area contributed by atoms with Crippen LogP contribution in [0.1, 0.15) is 65.7 Å². The molecule has 28 heavy (non-hydrogen) atoms. The Morgan fingerprint density at radius 3 is 2.57 bits per heavy atom. The fourth-order valence-electron chi connectivity index (χ4n) is 4.83. The zero-order valence-corrected chi connectivity index (χ0v) is 20.3. The summed E-state index contributed by atoms with van der Waals surface area (Å²) in [6.45, 7) is 10.9. The van der Waals surface area contributed by atoms with Crippen LogP contribution >= 0.6 is 0 Å². The molecule has 0 bridgehead atoms. The molecule has 1 aromatic carbocycles. The van der Waals surface area contributed by atoms with Crippen molar-refractivity contribution in [1.29, 1.82) is 0 Å². The molecule has 1 heterocycles. The second-order valence-electron chi connectivity index (χ2n) is 8.66. The summed E-state index contributed by atoms with van der Waals surface area (Å²) < 4.78 is 10.5. The van der Waals surface area contributed by atoms with E-state index in [0.717, 1.165) is 36.1 Å². The maximum absolute atomic E-state index is 13.2. The topological polar surface area (TPSA) is 35.1 Å². The Labute approximate surface area is 186 Å². The van der Waals surface area contributed by atoms with Crippen molar-refractivity contribution in [3.05, 3.63) is 30.1 Å². The van der Waals surface area contributed by atoms with Gasteiger partial charge in [-0.3, -0.25) is 0 Å². The number of esters is 1. The standard InChI is InChI=1S/C23H35N2O2.HI/c1-7-22-24(6)19-10-8-9-11-20(19)25(22)17(5)23(26)27-21-14-16(4)12-13-18(21)15(2)3;/h8-11,15-18,21H,7,12-14H2,1-6H3;1H/q+1;/p-1/t16-,17+,18+,21?;/m1./s1. The van der Waals surface area contributed by atoms with Crippen LogP contribution in [-0.2, 0) is 23.0 Å². The Hall–Kier alpha value is -1.11. The first-order valence-corrected chi connectivity index (χ1v) is 10.5. The van der Waals surface area contributed by atoms with Crippen molar-refractivity contribution in [3.8, 4) is 0 Å². The molecule has 0 amide bonds. The van der Waals surface area contributed by atoms with Crippen LogP contribution in [0.15, 0.2) is 24.3 Å². The highest BCUT2D eigenvalue weighted by Crippen LogP contribution is 2.36. The van der Waals surface area contributed by atoms with E-state index >= 15 is 0 Å². The van der Waals surface area contributed by atoms with E-state index in [1.54, 1.807) is 0 Å². The lowest BCUT2D eigenvalue weighted by Gasteiger charge is -2.37. The van der Waals surface area contributed by atoms with Gasteiger partial charge in [0.05, 0.1) is 7.05 Å². The number of benzene rings is 1. The number of fused-ring (bicyclic) bond motifs is 1. The van der Waals surface area contributed by atoms with Gasteiger partial charge in [0.2, 0.25) is 0 Å². The summed E-state index contributed by atoms with van der Waals surface area (Å²) in [4.78, 5) is 13.2. The van der Waals surface area contributed by atoms with Crippen LogP contribution in [0.25, 0.3) is 11.0 Å². The third-order valence-corrected chi connectivity index (χ3v) is 6.44. The van der Waals surface area contributed by atoms with Crippen LogP contribution in [0.5, 0.6) is 0 Å². The number of aromatic nitrogens is 2. The number of carbonyl (C=O) groups excluding carboxylic acids is 1. The largest absolute Gasteiger partial charge is 1.00 e. The third kappa shape index (κ3) is 4.39. The van der Waals surface area contributed by atoms with Gasteiger partial charge in [-0.05, 0) is 49.7 Å². The van der Waals surface area contributed by atoms with Crippen LogP contribution < -0.4 is 28.5 Å². The smallest absolute Gasteiger partial charge is 0.351 e. The lowest BCUT2D eigenvalue weighted by molar-refractivity contribution is -0.654. The summed E-state index contributed by atoms with van der Waals surface area (Å²) in [5.41, 5.74) is 2.25. The summed E-state index contributed by atoms with van der Waals surface area (Å²) in [5.74, 6) is 2.70. The Morgan fingerprint density at radius 2 is 1.93 bits per heavy atom. The maximum atomic E-state index is 13.2. The second kappa shape index (κ2) is 9.59. The molecular formula is C23H35IN2O2. The number of halogens is 1. The molecule has 5 heteroatoms. The van der Waals surface area contributed by atoms with E-state index in [1.165, 1.54) is 6.42 Å². The number of aryl methyl sites for hydroxylation is 1. The number of imidazole rings is 1. The summed E-state index contributed by atoms with van der Waals surface area (Å²) in [6.07, 6.45) is 4.31. The number of nitrogens with zero attached hydrogens (tertiary/aromatic N) is 2. The van der Waals surface area contributed by atoms with Crippen molar-refractivity contribution in [1.82, 2.24) is 4.57 Å². The molecule has 1 fully saturated rings. The van der Waals surface area contributed by atoms with Crippen molar-refractivity contribution in [2.75, 3.05) is 0 Å². The summed E-state index contributed by atoms with van der Waals surface area (Å²) in [5, 5.41) is 0. The number of carbonyl (C=O) groups is 1. The first-order valence-electron chi connectivity index (χ1n) is 10.5. The molecule has 0 spiro atoms. The number of hydrogen-bond acceptors (Lipinski definition) is 2. The van der Waals surface area contributed by atoms with Crippen molar-refractivity contribution in [2.45, 2.75) is 72.4 Å². The molecule has 1 aliphatic carbocycles. The molecule has 0 N–H and O–H groups in total. The minimum Gasteiger partial charge on any atom is -1.00 e. The van der Waals surface area contributed by atoms with E-state index < -0.39 is 0 Å². The third-order valence-electron chi connectivity index (χ3n) is 6.44. The second-order valence-corrected chi connectivity index (χ2v) is 8.66. The van der Waals surface area contributed by atoms with Gasteiger partial charge in [0.15, 0.2) is 17.1 Å². The summed E-state index contributed by atoms with van der Waals surface area (Å²) in [6, 6.07) is 7.97. The maximum Gasteiger partial charge on any atom is 0.351 e. The average Bonchev–Trinajstić information content (AvgIpc) is 2.93. The van der Waals surface area contributed by atoms with Gasteiger partial charge in [-0.2, -0.15) is 0 Å². The number of rotatable bonds is 5. The highest BCUT2D eigenvalue weighted by molar-refractivity contribution is 5.79. The van der Waals surface area contributed by atoms with Gasteiger partial charge in [0.25, 0.3) is 5.82 Å². The van der Waals surface area contributed by atoms with Gasteiger partial charge >= 0.3 is 5.97 Å². The molecule has 1 saturated carbocycles. The van der Waals surface area contributed by atoms with E-state index in [-0.39, 0.29) is 42.1 Å². The lowest BCUT2D eigenvalue weighted by Crippen LogP contribution is -3.00. The highest BCUT2D eigenvalue weighted by Gasteiger charge is 2.37. The van der Waals surface area contributed by atoms with E-state index in [0.29, 0.717) is 17.8 Å². The first kappa shape index (κ1) is 23.2. The minimum absolute atomic E-state index is 0. The highest BCUT2D eigenvalue weighted by atomic mass is 127. The molecule has 0 saturated heterocycles. The molecule has 1 unspecified atom stereocenters. The van der Waals surface area contributed by atoms with E-state index in [2.05, 4.69) is 56.0 Å². The zero-order chi connectivity index (χ0) is 19.7. The van der Waals surface area contributed by atoms with Gasteiger partial charge < -0.3 is 28.7 Å². The average molecular weight is 498 g/mol. The van der Waals surface area contributed by atoms with Crippen LogP contribution in [0, 0.1) is 17.8 Å². The van der Waals surface area contributed by atoms with Crippen LogP contribution in [-0.4, -0.2) is 16.6 Å². The molecule has 3 rings (SSSR count). The molecule has 2 aromatic rings. The van der Waals surface area contributed by atoms with Crippen molar-refractivity contribution >= 4 is 17.0 Å². The normalized spacial score (nSPS) is 23.5. The molecular weight excluding hydrogens is 463 g/mol. The summed E-state index contributed by atoms with van der Waals surface area (Å²) >= 11 is 0. The molecule has 156 valence electrons. The molecule has 4 nitrogen and oxygen atoms in total. The Morgan fingerprint density at radius 1 is 1.25 bits per heavy atom. The zero-order valence-electron chi connectivity index (χ0n) is 18.1. The number of hydrogen-bond donors (Lipinski definition) is 0. The van der Waals surface area contributed by atoms with Gasteiger partial charge in [0.1, 0.15) is 6.10 Å². The Kier molecular flexibility index (Phi) is 7.94. The summed E-state index contributed by atoms with van der Waals surface area (Å²) in [7, 11) is 2.08.